The van der Waals surface area contributed by atoms with Gasteiger partial charge >= 0.3 is 0 Å². The molecule has 2 fully saturated rings. The highest BCUT2D eigenvalue weighted by Crippen LogP contribution is 2.48. The molecular formula is C15H24N2O2S2. The first-order valence-corrected chi connectivity index (χ1v) is 9.93. The molecule has 21 heavy (non-hydrogen) atoms. The molecule has 6 heteroatoms. The summed E-state index contributed by atoms with van der Waals surface area (Å²) in [7, 11) is -1.64. The maximum absolute atomic E-state index is 12.7. The monoisotopic (exact) mass is 328 g/mol. The minimum atomic E-state index is -3.36. The highest BCUT2D eigenvalue weighted by Gasteiger charge is 2.41. The summed E-state index contributed by atoms with van der Waals surface area (Å²) in [4.78, 5) is 0.960. The van der Waals surface area contributed by atoms with E-state index in [0.717, 1.165) is 22.3 Å². The fourth-order valence-electron chi connectivity index (χ4n) is 4.00. The van der Waals surface area contributed by atoms with Crippen molar-refractivity contribution in [1.82, 2.24) is 4.31 Å². The predicted octanol–water partition coefficient (Wildman–Crippen LogP) is 2.57. The van der Waals surface area contributed by atoms with Gasteiger partial charge in [0.25, 0.3) is 10.0 Å². The Morgan fingerprint density at radius 3 is 2.67 bits per heavy atom. The number of hydrogen-bond donors (Lipinski definition) is 1. The minimum absolute atomic E-state index is 0.405. The first kappa shape index (κ1) is 15.5. The van der Waals surface area contributed by atoms with Gasteiger partial charge in [-0.25, -0.2) is 8.42 Å². The van der Waals surface area contributed by atoms with Gasteiger partial charge in [0.15, 0.2) is 0 Å². The molecule has 3 atom stereocenters. The lowest BCUT2D eigenvalue weighted by molar-refractivity contribution is 0.280. The minimum Gasteiger partial charge on any atom is -0.326 e. The second-order valence-corrected chi connectivity index (χ2v) is 10.0. The molecule has 2 bridgehead atoms. The van der Waals surface area contributed by atoms with E-state index in [0.29, 0.717) is 23.2 Å². The Bertz CT molecular complexity index is 624. The van der Waals surface area contributed by atoms with Gasteiger partial charge in [0.2, 0.25) is 0 Å². The number of thiophene rings is 1. The van der Waals surface area contributed by atoms with Gasteiger partial charge in [-0.2, -0.15) is 4.31 Å². The van der Waals surface area contributed by atoms with Gasteiger partial charge in [-0.3, -0.25) is 0 Å². The van der Waals surface area contributed by atoms with Gasteiger partial charge in [0, 0.05) is 25.0 Å². The first-order chi connectivity index (χ1) is 9.91. The van der Waals surface area contributed by atoms with Crippen LogP contribution in [0.25, 0.3) is 0 Å². The Morgan fingerprint density at radius 1 is 1.38 bits per heavy atom. The lowest BCUT2D eigenvalue weighted by Gasteiger charge is -2.26. The highest BCUT2D eigenvalue weighted by atomic mass is 32.2. The predicted molar refractivity (Wildman–Crippen MR) is 85.7 cm³/mol. The summed E-state index contributed by atoms with van der Waals surface area (Å²) in [6.45, 7) is 2.99. The Morgan fingerprint density at radius 2 is 2.14 bits per heavy atom. The summed E-state index contributed by atoms with van der Waals surface area (Å²) in [6, 6.07) is 1.76. The Labute approximate surface area is 131 Å². The van der Waals surface area contributed by atoms with Crippen LogP contribution in [-0.4, -0.2) is 26.3 Å². The first-order valence-electron chi connectivity index (χ1n) is 7.67. The number of nitrogens with two attached hydrogens (primary N) is 1. The van der Waals surface area contributed by atoms with Crippen molar-refractivity contribution in [2.75, 3.05) is 13.6 Å². The number of nitrogens with zero attached hydrogens (tertiary/aromatic N) is 1. The average molecular weight is 329 g/mol. The Balaban J connectivity index is 1.74. The zero-order valence-corrected chi connectivity index (χ0v) is 14.3. The van der Waals surface area contributed by atoms with Gasteiger partial charge in [-0.1, -0.05) is 6.42 Å². The SMILES string of the molecule is Cc1cc(S(=O)(=O)N(C)CC2CC3CCC2C3)sc1CN. The number of rotatable bonds is 5. The van der Waals surface area contributed by atoms with Crippen LogP contribution in [0.3, 0.4) is 0 Å². The molecule has 0 amide bonds. The lowest BCUT2D eigenvalue weighted by Crippen LogP contribution is -2.33. The molecule has 1 aromatic heterocycles. The van der Waals surface area contributed by atoms with Gasteiger partial charge in [0.05, 0.1) is 0 Å². The van der Waals surface area contributed by atoms with E-state index in [2.05, 4.69) is 0 Å². The van der Waals surface area contributed by atoms with Crippen LogP contribution in [0.5, 0.6) is 0 Å². The van der Waals surface area contributed by atoms with Crippen molar-refractivity contribution in [3.05, 3.63) is 16.5 Å². The fraction of sp³-hybridized carbons (Fsp3) is 0.733. The molecule has 2 N–H and O–H groups in total. The molecule has 3 unspecified atom stereocenters. The summed E-state index contributed by atoms with van der Waals surface area (Å²) in [6.07, 6.45) is 5.16. The molecule has 1 heterocycles. The standard InChI is InChI=1S/C15H24N2O2S2/c1-10-5-15(20-14(10)8-16)21(18,19)17(2)9-13-7-11-3-4-12(13)6-11/h5,11-13H,3-4,6-9,16H2,1-2H3. The maximum Gasteiger partial charge on any atom is 0.252 e. The molecule has 0 radical (unpaired) electrons. The van der Waals surface area contributed by atoms with Crippen LogP contribution >= 0.6 is 11.3 Å². The molecule has 3 rings (SSSR count). The van der Waals surface area contributed by atoms with Crippen LogP contribution in [0.1, 0.15) is 36.1 Å². The summed E-state index contributed by atoms with van der Waals surface area (Å²) in [5.41, 5.74) is 6.64. The van der Waals surface area contributed by atoms with Crippen molar-refractivity contribution >= 4 is 21.4 Å². The summed E-state index contributed by atoms with van der Waals surface area (Å²) >= 11 is 1.31. The Hall–Kier alpha value is -0.430. The van der Waals surface area contributed by atoms with Crippen LogP contribution in [0, 0.1) is 24.7 Å². The van der Waals surface area contributed by atoms with Crippen LogP contribution in [-0.2, 0) is 16.6 Å². The molecule has 2 saturated carbocycles. The van der Waals surface area contributed by atoms with Crippen molar-refractivity contribution in [2.24, 2.45) is 23.5 Å². The van der Waals surface area contributed by atoms with E-state index < -0.39 is 10.0 Å². The third-order valence-electron chi connectivity index (χ3n) is 5.22. The van der Waals surface area contributed by atoms with Gasteiger partial charge in [-0.15, -0.1) is 11.3 Å². The van der Waals surface area contributed by atoms with Crippen LogP contribution in [0.2, 0.25) is 0 Å². The fourth-order valence-corrected chi connectivity index (χ4v) is 6.91. The number of fused-ring (bicyclic) bond motifs is 2. The molecule has 1 aromatic rings. The van der Waals surface area contributed by atoms with E-state index in [-0.39, 0.29) is 0 Å². The molecule has 2 aliphatic carbocycles. The van der Waals surface area contributed by atoms with Crippen LogP contribution in [0.4, 0.5) is 0 Å². The van der Waals surface area contributed by atoms with E-state index in [9.17, 15) is 8.42 Å². The summed E-state index contributed by atoms with van der Waals surface area (Å²) < 4.78 is 27.4. The largest absolute Gasteiger partial charge is 0.326 e. The number of aryl methyl sites for hydroxylation is 1. The smallest absolute Gasteiger partial charge is 0.252 e. The highest BCUT2D eigenvalue weighted by molar-refractivity contribution is 7.91. The molecule has 0 aromatic carbocycles. The van der Waals surface area contributed by atoms with Crippen LogP contribution in [0.15, 0.2) is 10.3 Å². The molecular weight excluding hydrogens is 304 g/mol. The second kappa shape index (κ2) is 5.65. The van der Waals surface area contributed by atoms with E-state index in [1.165, 1.54) is 37.0 Å². The van der Waals surface area contributed by atoms with Crippen molar-refractivity contribution in [3.8, 4) is 0 Å². The summed E-state index contributed by atoms with van der Waals surface area (Å²) in [5, 5.41) is 0. The zero-order chi connectivity index (χ0) is 15.2. The molecule has 2 aliphatic rings. The molecule has 4 nitrogen and oxygen atoms in total. The third-order valence-corrected chi connectivity index (χ3v) is 8.76. The normalized spacial score (nSPS) is 28.7. The van der Waals surface area contributed by atoms with Crippen LogP contribution < -0.4 is 5.73 Å². The van der Waals surface area contributed by atoms with Gasteiger partial charge < -0.3 is 5.73 Å². The van der Waals surface area contributed by atoms with E-state index in [1.54, 1.807) is 17.4 Å². The zero-order valence-electron chi connectivity index (χ0n) is 12.7. The number of hydrogen-bond acceptors (Lipinski definition) is 4. The van der Waals surface area contributed by atoms with Gasteiger partial charge in [0.1, 0.15) is 4.21 Å². The summed E-state index contributed by atoms with van der Waals surface area (Å²) in [5.74, 6) is 2.15. The van der Waals surface area contributed by atoms with E-state index in [4.69, 9.17) is 5.73 Å². The van der Waals surface area contributed by atoms with E-state index in [1.807, 2.05) is 6.92 Å². The lowest BCUT2D eigenvalue weighted by atomic mass is 9.89. The third kappa shape index (κ3) is 2.79. The average Bonchev–Trinajstić information content (AvgIpc) is 3.13. The van der Waals surface area contributed by atoms with Gasteiger partial charge in [-0.05, 0) is 55.6 Å². The molecule has 0 saturated heterocycles. The van der Waals surface area contributed by atoms with Crippen molar-refractivity contribution in [3.63, 3.8) is 0 Å². The maximum atomic E-state index is 12.7. The molecule has 0 spiro atoms. The Kier molecular flexibility index (Phi) is 4.16. The molecule has 118 valence electrons. The molecule has 0 aliphatic heterocycles. The topological polar surface area (TPSA) is 63.4 Å². The van der Waals surface area contributed by atoms with Crippen molar-refractivity contribution in [2.45, 2.75) is 43.4 Å². The second-order valence-electron chi connectivity index (χ2n) is 6.60. The van der Waals surface area contributed by atoms with E-state index >= 15 is 0 Å². The van der Waals surface area contributed by atoms with Crippen molar-refractivity contribution in [1.29, 1.82) is 0 Å². The number of sulfonamides is 1. The van der Waals surface area contributed by atoms with Crippen molar-refractivity contribution < 1.29 is 8.42 Å². The quantitative estimate of drug-likeness (QED) is 0.903.